The van der Waals surface area contributed by atoms with Crippen molar-refractivity contribution in [2.24, 2.45) is 0 Å². The van der Waals surface area contributed by atoms with Crippen LogP contribution < -0.4 is 0 Å². The Bertz CT molecular complexity index is 191. The molecule has 54 valence electrons. The molecular formula is C9H13N. The molecule has 2 heterocycles. The lowest BCUT2D eigenvalue weighted by Crippen LogP contribution is -2.32. The molecule has 0 fully saturated rings. The van der Waals surface area contributed by atoms with E-state index in [1.165, 1.54) is 13.0 Å². The van der Waals surface area contributed by atoms with Gasteiger partial charge in [0.05, 0.1) is 0 Å². The molecule has 0 amide bonds. The third-order valence-corrected chi connectivity index (χ3v) is 2.34. The second-order valence-corrected chi connectivity index (χ2v) is 3.18. The average Bonchev–Trinajstić information content (AvgIpc) is 2.33. The molecule has 0 aliphatic carbocycles. The molecule has 1 nitrogen and oxygen atoms in total. The minimum absolute atomic E-state index is 0.633. The highest BCUT2D eigenvalue weighted by molar-refractivity contribution is 5.20. The van der Waals surface area contributed by atoms with Crippen LogP contribution in [0.15, 0.2) is 23.8 Å². The molecule has 0 aromatic rings. The van der Waals surface area contributed by atoms with E-state index in [4.69, 9.17) is 0 Å². The molecule has 0 saturated heterocycles. The first-order valence-electron chi connectivity index (χ1n) is 3.94. The van der Waals surface area contributed by atoms with Crippen molar-refractivity contribution in [3.05, 3.63) is 23.8 Å². The third kappa shape index (κ3) is 0.907. The number of fused-ring (bicyclic) bond motifs is 1. The van der Waals surface area contributed by atoms with Gasteiger partial charge in [0.15, 0.2) is 0 Å². The molecule has 1 heteroatoms. The Morgan fingerprint density at radius 2 is 2.50 bits per heavy atom. The third-order valence-electron chi connectivity index (χ3n) is 2.34. The zero-order valence-electron chi connectivity index (χ0n) is 6.38. The van der Waals surface area contributed by atoms with Gasteiger partial charge in [0, 0.05) is 19.1 Å². The summed E-state index contributed by atoms with van der Waals surface area (Å²) < 4.78 is 0. The number of hydrogen-bond acceptors (Lipinski definition) is 1. The number of rotatable bonds is 0. The predicted octanol–water partition coefficient (Wildman–Crippen LogP) is 1.58. The van der Waals surface area contributed by atoms with Gasteiger partial charge in [-0.25, -0.2) is 0 Å². The van der Waals surface area contributed by atoms with Gasteiger partial charge in [-0.3, -0.25) is 4.90 Å². The highest BCUT2D eigenvalue weighted by atomic mass is 15.2. The summed E-state index contributed by atoms with van der Waals surface area (Å²) in [4.78, 5) is 2.49. The van der Waals surface area contributed by atoms with E-state index in [-0.39, 0.29) is 0 Å². The monoisotopic (exact) mass is 135 g/mol. The molecule has 0 aromatic heterocycles. The molecule has 0 N–H and O–H groups in total. The highest BCUT2D eigenvalue weighted by Gasteiger charge is 2.20. The maximum absolute atomic E-state index is 2.49. The van der Waals surface area contributed by atoms with Crippen LogP contribution in [0.2, 0.25) is 0 Å². The van der Waals surface area contributed by atoms with E-state index in [1.807, 2.05) is 0 Å². The van der Waals surface area contributed by atoms with Gasteiger partial charge in [-0.2, -0.15) is 0 Å². The van der Waals surface area contributed by atoms with Gasteiger partial charge in [0.25, 0.3) is 0 Å². The fourth-order valence-corrected chi connectivity index (χ4v) is 1.68. The van der Waals surface area contributed by atoms with Gasteiger partial charge >= 0.3 is 0 Å². The van der Waals surface area contributed by atoms with Crippen LogP contribution in [0.1, 0.15) is 13.3 Å². The SMILES string of the molecule is CC1=CC2C=CCN2CC1. The Morgan fingerprint density at radius 3 is 3.40 bits per heavy atom. The van der Waals surface area contributed by atoms with E-state index >= 15 is 0 Å². The van der Waals surface area contributed by atoms with Crippen molar-refractivity contribution in [1.29, 1.82) is 0 Å². The number of nitrogens with zero attached hydrogens (tertiary/aromatic N) is 1. The topological polar surface area (TPSA) is 3.24 Å². The first-order valence-corrected chi connectivity index (χ1v) is 3.94. The van der Waals surface area contributed by atoms with E-state index in [0.29, 0.717) is 6.04 Å². The maximum Gasteiger partial charge on any atom is 0.0468 e. The summed E-state index contributed by atoms with van der Waals surface area (Å²) in [5, 5.41) is 0. The lowest BCUT2D eigenvalue weighted by Gasteiger charge is -2.26. The highest BCUT2D eigenvalue weighted by Crippen LogP contribution is 2.19. The second kappa shape index (κ2) is 2.24. The van der Waals surface area contributed by atoms with Crippen molar-refractivity contribution in [2.45, 2.75) is 19.4 Å². The van der Waals surface area contributed by atoms with Crippen molar-refractivity contribution in [1.82, 2.24) is 4.90 Å². The molecule has 0 radical (unpaired) electrons. The summed E-state index contributed by atoms with van der Waals surface area (Å²) in [6, 6.07) is 0.633. The summed E-state index contributed by atoms with van der Waals surface area (Å²) >= 11 is 0. The minimum Gasteiger partial charge on any atom is -0.289 e. The van der Waals surface area contributed by atoms with Crippen molar-refractivity contribution in [3.8, 4) is 0 Å². The molecule has 2 aliphatic heterocycles. The summed E-state index contributed by atoms with van der Waals surface area (Å²) in [5.41, 5.74) is 1.55. The van der Waals surface area contributed by atoms with Gasteiger partial charge in [0.1, 0.15) is 0 Å². The molecule has 1 unspecified atom stereocenters. The first kappa shape index (κ1) is 6.17. The quantitative estimate of drug-likeness (QED) is 0.456. The average molecular weight is 135 g/mol. The normalized spacial score (nSPS) is 32.1. The van der Waals surface area contributed by atoms with E-state index in [1.54, 1.807) is 5.57 Å². The van der Waals surface area contributed by atoms with Crippen LogP contribution in [0.4, 0.5) is 0 Å². The zero-order chi connectivity index (χ0) is 6.97. The Morgan fingerprint density at radius 1 is 1.60 bits per heavy atom. The predicted molar refractivity (Wildman–Crippen MR) is 42.9 cm³/mol. The Labute approximate surface area is 62.0 Å². The van der Waals surface area contributed by atoms with E-state index in [0.717, 1.165) is 6.54 Å². The van der Waals surface area contributed by atoms with Crippen LogP contribution in [0.25, 0.3) is 0 Å². The standard InChI is InChI=1S/C9H13N/c1-8-4-6-10-5-2-3-9(10)7-8/h2-3,7,9H,4-6H2,1H3. The van der Waals surface area contributed by atoms with Crippen LogP contribution in [0.5, 0.6) is 0 Å². The van der Waals surface area contributed by atoms with E-state index in [9.17, 15) is 0 Å². The van der Waals surface area contributed by atoms with Crippen molar-refractivity contribution in [3.63, 3.8) is 0 Å². The van der Waals surface area contributed by atoms with E-state index in [2.05, 4.69) is 30.1 Å². The Balaban J connectivity index is 2.19. The first-order chi connectivity index (χ1) is 4.86. The van der Waals surface area contributed by atoms with Crippen molar-refractivity contribution >= 4 is 0 Å². The fourth-order valence-electron chi connectivity index (χ4n) is 1.68. The molecule has 0 aromatic carbocycles. The lowest BCUT2D eigenvalue weighted by molar-refractivity contribution is 0.295. The summed E-state index contributed by atoms with van der Waals surface area (Å²) in [7, 11) is 0. The Hall–Kier alpha value is -0.560. The molecule has 0 bridgehead atoms. The summed E-state index contributed by atoms with van der Waals surface area (Å²) in [5.74, 6) is 0. The van der Waals surface area contributed by atoms with Gasteiger partial charge in [-0.1, -0.05) is 23.8 Å². The zero-order valence-corrected chi connectivity index (χ0v) is 6.38. The smallest absolute Gasteiger partial charge is 0.0468 e. The molecule has 10 heavy (non-hydrogen) atoms. The van der Waals surface area contributed by atoms with Gasteiger partial charge in [-0.15, -0.1) is 0 Å². The number of hydrogen-bond donors (Lipinski definition) is 0. The van der Waals surface area contributed by atoms with Crippen LogP contribution in [-0.4, -0.2) is 24.0 Å². The van der Waals surface area contributed by atoms with Crippen LogP contribution >= 0.6 is 0 Å². The minimum atomic E-state index is 0.633. The van der Waals surface area contributed by atoms with Crippen molar-refractivity contribution in [2.75, 3.05) is 13.1 Å². The second-order valence-electron chi connectivity index (χ2n) is 3.18. The molecule has 2 rings (SSSR count). The summed E-state index contributed by atoms with van der Waals surface area (Å²) in [6.45, 7) is 4.64. The van der Waals surface area contributed by atoms with E-state index < -0.39 is 0 Å². The maximum atomic E-state index is 2.49. The lowest BCUT2D eigenvalue weighted by atomic mass is 10.1. The van der Waals surface area contributed by atoms with Crippen molar-refractivity contribution < 1.29 is 0 Å². The molecule has 2 aliphatic rings. The van der Waals surface area contributed by atoms with Crippen LogP contribution in [0, 0.1) is 0 Å². The fraction of sp³-hybridized carbons (Fsp3) is 0.556. The van der Waals surface area contributed by atoms with Gasteiger partial charge in [0.2, 0.25) is 0 Å². The van der Waals surface area contributed by atoms with Crippen LogP contribution in [-0.2, 0) is 0 Å². The molecule has 1 atom stereocenters. The van der Waals surface area contributed by atoms with Gasteiger partial charge < -0.3 is 0 Å². The molecule has 0 spiro atoms. The largest absolute Gasteiger partial charge is 0.289 e. The van der Waals surface area contributed by atoms with Crippen LogP contribution in [0.3, 0.4) is 0 Å². The van der Waals surface area contributed by atoms with Gasteiger partial charge in [-0.05, 0) is 13.3 Å². The molecular weight excluding hydrogens is 122 g/mol. The Kier molecular flexibility index (Phi) is 1.38. The molecule has 0 saturated carbocycles. The summed E-state index contributed by atoms with van der Waals surface area (Å²) in [6.07, 6.45) is 8.19.